The SMILES string of the molecule is C[C@H](NC(=O)[C@@H](NC(=O)[C@@H]1CCCN1C(=O)CNC(=O)[C@@H]1CCCN1)[C@@H](C)O)C(=O)N1CCC[C@H]1C(=O)N1CCC[C@H]1C(=O)N[C@@H](CCC(=O)O)C(=O)N[C@@H](CCC(=O)O)C(=O)O. The Morgan fingerprint density at radius 2 is 1.17 bits per heavy atom. The number of carboxylic acids is 3. The van der Waals surface area contributed by atoms with Crippen molar-refractivity contribution in [1.29, 1.82) is 0 Å². The number of hydrogen-bond acceptors (Lipinski definition) is 13. The van der Waals surface area contributed by atoms with Crippen molar-refractivity contribution in [1.82, 2.24) is 46.6 Å². The van der Waals surface area contributed by atoms with E-state index >= 15 is 0 Å². The number of carbonyl (C=O) groups excluding carboxylic acids is 8. The highest BCUT2D eigenvalue weighted by molar-refractivity contribution is 5.98. The van der Waals surface area contributed by atoms with Gasteiger partial charge in [-0.25, -0.2) is 4.79 Å². The van der Waals surface area contributed by atoms with E-state index in [4.69, 9.17) is 5.11 Å². The predicted molar refractivity (Wildman–Crippen MR) is 215 cm³/mol. The van der Waals surface area contributed by atoms with E-state index in [0.717, 1.165) is 6.42 Å². The Hall–Kier alpha value is -5.91. The third-order valence-corrected chi connectivity index (χ3v) is 11.7. The van der Waals surface area contributed by atoms with Gasteiger partial charge in [-0.2, -0.15) is 0 Å². The molecule has 8 amide bonds. The van der Waals surface area contributed by atoms with Crippen molar-refractivity contribution in [3.05, 3.63) is 0 Å². The summed E-state index contributed by atoms with van der Waals surface area (Å²) >= 11 is 0. The molecule has 24 nitrogen and oxygen atoms in total. The molecule has 0 aliphatic carbocycles. The van der Waals surface area contributed by atoms with Crippen molar-refractivity contribution < 1.29 is 73.2 Å². The molecule has 4 saturated heterocycles. The number of nitrogens with one attached hydrogen (secondary N) is 6. The molecular weight excluding hydrogens is 834 g/mol. The second-order valence-corrected chi connectivity index (χ2v) is 16.3. The number of nitrogens with zero attached hydrogens (tertiary/aromatic N) is 3. The second-order valence-electron chi connectivity index (χ2n) is 16.3. The maximum atomic E-state index is 14.0. The Morgan fingerprint density at radius 3 is 1.75 bits per heavy atom. The van der Waals surface area contributed by atoms with Crippen molar-refractivity contribution in [3.63, 3.8) is 0 Å². The van der Waals surface area contributed by atoms with E-state index < -0.39 is 139 Å². The van der Waals surface area contributed by atoms with Gasteiger partial charge in [-0.1, -0.05) is 0 Å². The van der Waals surface area contributed by atoms with E-state index in [1.807, 2.05) is 0 Å². The van der Waals surface area contributed by atoms with Crippen LogP contribution in [0.2, 0.25) is 0 Å². The average Bonchev–Trinajstić information content (AvgIpc) is 4.08. The lowest BCUT2D eigenvalue weighted by atomic mass is 10.1. The second kappa shape index (κ2) is 23.0. The Bertz CT molecular complexity index is 1770. The van der Waals surface area contributed by atoms with Gasteiger partial charge in [0.15, 0.2) is 0 Å². The van der Waals surface area contributed by atoms with Gasteiger partial charge < -0.3 is 67.0 Å². The first-order chi connectivity index (χ1) is 29.8. The molecular formula is C39H59N9O15. The first kappa shape index (κ1) is 49.7. The van der Waals surface area contributed by atoms with Crippen LogP contribution in [0.4, 0.5) is 0 Å². The molecule has 4 aliphatic heterocycles. The number of carbonyl (C=O) groups is 11. The molecule has 0 aromatic carbocycles. The van der Waals surface area contributed by atoms with E-state index in [9.17, 15) is 68.1 Å². The molecule has 4 aliphatic rings. The van der Waals surface area contributed by atoms with Crippen LogP contribution in [-0.2, 0) is 52.7 Å². The van der Waals surface area contributed by atoms with Crippen LogP contribution in [0.25, 0.3) is 0 Å². The summed E-state index contributed by atoms with van der Waals surface area (Å²) in [5, 5.41) is 53.4. The van der Waals surface area contributed by atoms with E-state index in [0.29, 0.717) is 32.2 Å². The van der Waals surface area contributed by atoms with Crippen molar-refractivity contribution >= 4 is 65.2 Å². The molecule has 4 heterocycles. The van der Waals surface area contributed by atoms with E-state index in [1.165, 1.54) is 28.5 Å². The zero-order valence-electron chi connectivity index (χ0n) is 35.3. The fraction of sp³-hybridized carbons (Fsp3) is 0.718. The largest absolute Gasteiger partial charge is 0.481 e. The van der Waals surface area contributed by atoms with Gasteiger partial charge in [-0.15, -0.1) is 0 Å². The van der Waals surface area contributed by atoms with Gasteiger partial charge in [-0.3, -0.25) is 47.9 Å². The molecule has 63 heavy (non-hydrogen) atoms. The molecule has 4 rings (SSSR count). The van der Waals surface area contributed by atoms with Gasteiger partial charge in [0.05, 0.1) is 18.7 Å². The van der Waals surface area contributed by atoms with Gasteiger partial charge >= 0.3 is 17.9 Å². The minimum absolute atomic E-state index is 0.0936. The number of aliphatic hydroxyl groups excluding tert-OH is 1. The Morgan fingerprint density at radius 1 is 0.619 bits per heavy atom. The predicted octanol–water partition coefficient (Wildman–Crippen LogP) is -4.02. The third-order valence-electron chi connectivity index (χ3n) is 11.7. The number of hydrogen-bond donors (Lipinski definition) is 10. The van der Waals surface area contributed by atoms with Crippen LogP contribution in [0.15, 0.2) is 0 Å². The van der Waals surface area contributed by atoms with Gasteiger partial charge in [0.2, 0.25) is 47.3 Å². The number of amides is 8. The number of likely N-dealkylation sites (tertiary alicyclic amines) is 3. The van der Waals surface area contributed by atoms with E-state index in [2.05, 4.69) is 31.9 Å². The van der Waals surface area contributed by atoms with Crippen LogP contribution in [0.5, 0.6) is 0 Å². The topological polar surface area (TPSA) is 351 Å². The number of aliphatic carboxylic acids is 3. The van der Waals surface area contributed by atoms with Crippen molar-refractivity contribution in [2.45, 2.75) is 145 Å². The van der Waals surface area contributed by atoms with Crippen LogP contribution in [0.1, 0.15) is 90.9 Å². The zero-order valence-corrected chi connectivity index (χ0v) is 35.3. The van der Waals surface area contributed by atoms with Gasteiger partial charge in [0.1, 0.15) is 42.3 Å². The molecule has 0 radical (unpaired) electrons. The molecule has 0 unspecified atom stereocenters. The molecule has 350 valence electrons. The van der Waals surface area contributed by atoms with Gasteiger partial charge in [0.25, 0.3) is 0 Å². The van der Waals surface area contributed by atoms with Crippen LogP contribution in [0, 0.1) is 0 Å². The molecule has 0 bridgehead atoms. The fourth-order valence-corrected chi connectivity index (χ4v) is 8.29. The Labute approximate surface area is 362 Å². The van der Waals surface area contributed by atoms with E-state index in [1.54, 1.807) is 0 Å². The lowest BCUT2D eigenvalue weighted by Gasteiger charge is -2.33. The number of carboxylic acid groups (broad SMARTS) is 3. The molecule has 4 fully saturated rings. The van der Waals surface area contributed by atoms with Crippen molar-refractivity contribution in [2.24, 2.45) is 0 Å². The lowest BCUT2D eigenvalue weighted by Crippen LogP contribution is -2.60. The van der Waals surface area contributed by atoms with Gasteiger partial charge in [-0.05, 0) is 84.6 Å². The Kier molecular flexibility index (Phi) is 18.1. The van der Waals surface area contributed by atoms with Crippen LogP contribution in [0.3, 0.4) is 0 Å². The Balaban J connectivity index is 1.36. The highest BCUT2D eigenvalue weighted by Gasteiger charge is 2.44. The van der Waals surface area contributed by atoms with Crippen LogP contribution < -0.4 is 31.9 Å². The monoisotopic (exact) mass is 893 g/mol. The highest BCUT2D eigenvalue weighted by atomic mass is 16.4. The smallest absolute Gasteiger partial charge is 0.326 e. The third kappa shape index (κ3) is 13.5. The minimum atomic E-state index is -1.65. The van der Waals surface area contributed by atoms with Gasteiger partial charge in [0, 0.05) is 32.5 Å². The summed E-state index contributed by atoms with van der Waals surface area (Å²) in [5.74, 6) is -9.77. The summed E-state index contributed by atoms with van der Waals surface area (Å²) in [6, 6.07) is -9.59. The van der Waals surface area contributed by atoms with Crippen molar-refractivity contribution in [2.75, 3.05) is 32.7 Å². The number of rotatable bonds is 21. The molecule has 0 aromatic heterocycles. The lowest BCUT2D eigenvalue weighted by molar-refractivity contribution is -0.148. The quantitative estimate of drug-likeness (QED) is 0.0525. The van der Waals surface area contributed by atoms with E-state index in [-0.39, 0.29) is 51.3 Å². The fourth-order valence-electron chi connectivity index (χ4n) is 8.29. The first-order valence-electron chi connectivity index (χ1n) is 21.3. The molecule has 24 heteroatoms. The zero-order chi connectivity index (χ0) is 46.5. The molecule has 0 saturated carbocycles. The summed E-state index contributed by atoms with van der Waals surface area (Å²) in [7, 11) is 0. The maximum Gasteiger partial charge on any atom is 0.326 e. The maximum absolute atomic E-state index is 14.0. The molecule has 0 aromatic rings. The van der Waals surface area contributed by atoms with Crippen LogP contribution in [-0.4, -0.2) is 187 Å². The summed E-state index contributed by atoms with van der Waals surface area (Å²) < 4.78 is 0. The van der Waals surface area contributed by atoms with Crippen LogP contribution >= 0.6 is 0 Å². The molecule has 0 spiro atoms. The van der Waals surface area contributed by atoms with Crippen molar-refractivity contribution in [3.8, 4) is 0 Å². The molecule has 10 N–H and O–H groups in total. The standard InChI is InChI=1S/C39H59N9O15/c1-20(42-36(59)31(21(2)49)45-35(58)25-8-4-16-46(25)28(50)19-41-32(55)22-7-3-15-40-22)37(60)48-18-6-10-27(48)38(61)47-17-5-9-26(47)34(57)43-23(11-13-29(51)52)33(56)44-24(39(62)63)12-14-30(53)54/h20-27,31,40,49H,3-19H2,1-2H3,(H,41,55)(H,42,59)(H,43,57)(H,44,56)(H,45,58)(H,51,52)(H,53,54)(H,62,63)/t20-,21+,22-,23-,24-,25-,26-,27-,31-/m0/s1. The first-order valence-corrected chi connectivity index (χ1v) is 21.3. The number of aliphatic hydroxyl groups is 1. The minimum Gasteiger partial charge on any atom is -0.481 e. The average molecular weight is 894 g/mol. The summed E-state index contributed by atoms with van der Waals surface area (Å²) in [5.41, 5.74) is 0. The summed E-state index contributed by atoms with van der Waals surface area (Å²) in [4.78, 5) is 145. The molecule has 9 atom stereocenters. The summed E-state index contributed by atoms with van der Waals surface area (Å²) in [6.45, 7) is 3.44. The highest BCUT2D eigenvalue weighted by Crippen LogP contribution is 2.26. The normalized spacial score (nSPS) is 23.1. The summed E-state index contributed by atoms with van der Waals surface area (Å²) in [6.07, 6.45) is -0.252.